The molecule has 16 heavy (non-hydrogen) atoms. The van der Waals surface area contributed by atoms with E-state index in [2.05, 4.69) is 19.6 Å². The van der Waals surface area contributed by atoms with E-state index in [1.54, 1.807) is 0 Å². The van der Waals surface area contributed by atoms with Crippen LogP contribution in [-0.4, -0.2) is 6.61 Å². The summed E-state index contributed by atoms with van der Waals surface area (Å²) in [5, 5.41) is 0. The third kappa shape index (κ3) is 3.38. The molecule has 0 heterocycles. The smallest absolute Gasteiger partial charge is 0.124 e. The SMILES string of the molecule is C=C(CC)COc1cc(C)ccc1C(C)N. The quantitative estimate of drug-likeness (QED) is 0.771. The van der Waals surface area contributed by atoms with Gasteiger partial charge in [0.05, 0.1) is 0 Å². The predicted octanol–water partition coefficient (Wildman–Crippen LogP) is 3.36. The Labute approximate surface area is 98.1 Å². The maximum absolute atomic E-state index is 5.90. The molecular formula is C14H21NO. The Balaban J connectivity index is 2.84. The van der Waals surface area contributed by atoms with Gasteiger partial charge in [-0.1, -0.05) is 25.6 Å². The molecule has 0 aliphatic heterocycles. The highest BCUT2D eigenvalue weighted by molar-refractivity contribution is 5.39. The van der Waals surface area contributed by atoms with Crippen LogP contribution in [0.25, 0.3) is 0 Å². The van der Waals surface area contributed by atoms with Crippen LogP contribution >= 0.6 is 0 Å². The Morgan fingerprint density at radius 1 is 1.50 bits per heavy atom. The topological polar surface area (TPSA) is 35.2 Å². The summed E-state index contributed by atoms with van der Waals surface area (Å²) < 4.78 is 5.75. The fourth-order valence-corrected chi connectivity index (χ4v) is 1.42. The van der Waals surface area contributed by atoms with Crippen LogP contribution in [-0.2, 0) is 0 Å². The number of rotatable bonds is 5. The second kappa shape index (κ2) is 5.71. The Kier molecular flexibility index (Phi) is 4.56. The van der Waals surface area contributed by atoms with Crippen LogP contribution in [0.5, 0.6) is 5.75 Å². The third-order valence-corrected chi connectivity index (χ3v) is 2.59. The van der Waals surface area contributed by atoms with E-state index in [1.807, 2.05) is 26.0 Å². The Morgan fingerprint density at radius 3 is 2.75 bits per heavy atom. The van der Waals surface area contributed by atoms with Gasteiger partial charge in [-0.15, -0.1) is 0 Å². The lowest BCUT2D eigenvalue weighted by molar-refractivity contribution is 0.343. The standard InChI is InChI=1S/C14H21NO/c1-5-10(2)9-16-14-8-11(3)6-7-13(14)12(4)15/h6-8,12H,2,5,9,15H2,1,3-4H3. The lowest BCUT2D eigenvalue weighted by Crippen LogP contribution is -2.09. The molecule has 1 aromatic carbocycles. The average Bonchev–Trinajstić information content (AvgIpc) is 2.25. The van der Waals surface area contributed by atoms with Crippen LogP contribution in [0.2, 0.25) is 0 Å². The summed E-state index contributed by atoms with van der Waals surface area (Å²) in [5.41, 5.74) is 9.23. The Morgan fingerprint density at radius 2 is 2.19 bits per heavy atom. The largest absolute Gasteiger partial charge is 0.489 e. The second-order valence-corrected chi connectivity index (χ2v) is 4.22. The molecule has 0 fully saturated rings. The molecule has 0 amide bonds. The minimum absolute atomic E-state index is 0.00880. The first-order valence-corrected chi connectivity index (χ1v) is 5.70. The van der Waals surface area contributed by atoms with Crippen molar-refractivity contribution in [1.82, 2.24) is 0 Å². The third-order valence-electron chi connectivity index (χ3n) is 2.59. The van der Waals surface area contributed by atoms with Crippen LogP contribution in [0.4, 0.5) is 0 Å². The van der Waals surface area contributed by atoms with Gasteiger partial charge in [-0.25, -0.2) is 0 Å². The molecule has 88 valence electrons. The minimum atomic E-state index is -0.00880. The molecule has 2 N–H and O–H groups in total. The molecule has 1 atom stereocenters. The summed E-state index contributed by atoms with van der Waals surface area (Å²) in [6.07, 6.45) is 0.944. The van der Waals surface area contributed by atoms with E-state index in [1.165, 1.54) is 5.56 Å². The molecule has 0 spiro atoms. The lowest BCUT2D eigenvalue weighted by Gasteiger charge is -2.15. The molecule has 0 radical (unpaired) electrons. The van der Waals surface area contributed by atoms with E-state index in [-0.39, 0.29) is 6.04 Å². The predicted molar refractivity (Wildman–Crippen MR) is 68.7 cm³/mol. The first kappa shape index (κ1) is 12.8. The van der Waals surface area contributed by atoms with Gasteiger partial charge >= 0.3 is 0 Å². The van der Waals surface area contributed by atoms with Crippen molar-refractivity contribution in [2.45, 2.75) is 33.2 Å². The molecule has 1 rings (SSSR count). The van der Waals surface area contributed by atoms with Gasteiger partial charge in [0.1, 0.15) is 12.4 Å². The van der Waals surface area contributed by atoms with Crippen LogP contribution in [0, 0.1) is 6.92 Å². The molecule has 2 nitrogen and oxygen atoms in total. The molecule has 0 aliphatic carbocycles. The summed E-state index contributed by atoms with van der Waals surface area (Å²) in [6.45, 7) is 10.6. The number of ether oxygens (including phenoxy) is 1. The van der Waals surface area contributed by atoms with Crippen LogP contribution < -0.4 is 10.5 Å². The molecule has 0 aliphatic rings. The van der Waals surface area contributed by atoms with Gasteiger partial charge in [-0.05, 0) is 37.5 Å². The number of benzene rings is 1. The number of hydrogen-bond donors (Lipinski definition) is 1. The van der Waals surface area contributed by atoms with E-state index < -0.39 is 0 Å². The van der Waals surface area contributed by atoms with Crippen molar-refractivity contribution in [3.05, 3.63) is 41.5 Å². The molecular weight excluding hydrogens is 198 g/mol. The zero-order valence-electron chi connectivity index (χ0n) is 10.4. The first-order valence-electron chi connectivity index (χ1n) is 5.70. The van der Waals surface area contributed by atoms with Crippen LogP contribution in [0.1, 0.15) is 37.4 Å². The highest BCUT2D eigenvalue weighted by atomic mass is 16.5. The summed E-state index contributed by atoms with van der Waals surface area (Å²) >= 11 is 0. The monoisotopic (exact) mass is 219 g/mol. The van der Waals surface area contributed by atoms with Gasteiger partial charge in [-0.2, -0.15) is 0 Å². The normalized spacial score (nSPS) is 12.2. The highest BCUT2D eigenvalue weighted by Gasteiger charge is 2.08. The second-order valence-electron chi connectivity index (χ2n) is 4.22. The molecule has 0 saturated carbocycles. The van der Waals surface area contributed by atoms with Crippen molar-refractivity contribution in [3.8, 4) is 5.75 Å². The minimum Gasteiger partial charge on any atom is -0.489 e. The van der Waals surface area contributed by atoms with Gasteiger partial charge in [0.15, 0.2) is 0 Å². The zero-order valence-corrected chi connectivity index (χ0v) is 10.4. The molecule has 2 heteroatoms. The van der Waals surface area contributed by atoms with Gasteiger partial charge in [0, 0.05) is 11.6 Å². The summed E-state index contributed by atoms with van der Waals surface area (Å²) in [6, 6.07) is 6.11. The number of hydrogen-bond acceptors (Lipinski definition) is 2. The first-order chi connectivity index (χ1) is 7.54. The van der Waals surface area contributed by atoms with Crippen LogP contribution in [0.3, 0.4) is 0 Å². The Hall–Kier alpha value is -1.28. The average molecular weight is 219 g/mol. The van der Waals surface area contributed by atoms with E-state index in [4.69, 9.17) is 10.5 Å². The summed E-state index contributed by atoms with van der Waals surface area (Å²) in [4.78, 5) is 0. The molecule has 0 saturated heterocycles. The van der Waals surface area contributed by atoms with Gasteiger partial charge in [-0.3, -0.25) is 0 Å². The number of nitrogens with two attached hydrogens (primary N) is 1. The molecule has 0 bridgehead atoms. The van der Waals surface area contributed by atoms with E-state index >= 15 is 0 Å². The zero-order chi connectivity index (χ0) is 12.1. The van der Waals surface area contributed by atoms with Crippen molar-refractivity contribution in [1.29, 1.82) is 0 Å². The maximum Gasteiger partial charge on any atom is 0.124 e. The maximum atomic E-state index is 5.90. The van der Waals surface area contributed by atoms with E-state index in [0.29, 0.717) is 6.61 Å². The molecule has 1 unspecified atom stereocenters. The van der Waals surface area contributed by atoms with Crippen molar-refractivity contribution in [2.24, 2.45) is 5.73 Å². The van der Waals surface area contributed by atoms with Crippen molar-refractivity contribution in [2.75, 3.05) is 6.61 Å². The van der Waals surface area contributed by atoms with Gasteiger partial charge in [0.25, 0.3) is 0 Å². The highest BCUT2D eigenvalue weighted by Crippen LogP contribution is 2.25. The van der Waals surface area contributed by atoms with E-state index in [9.17, 15) is 0 Å². The van der Waals surface area contributed by atoms with Gasteiger partial charge in [0.2, 0.25) is 0 Å². The van der Waals surface area contributed by atoms with Crippen molar-refractivity contribution >= 4 is 0 Å². The van der Waals surface area contributed by atoms with E-state index in [0.717, 1.165) is 23.3 Å². The lowest BCUT2D eigenvalue weighted by atomic mass is 10.1. The molecule has 0 aromatic heterocycles. The fraction of sp³-hybridized carbons (Fsp3) is 0.429. The fourth-order valence-electron chi connectivity index (χ4n) is 1.42. The Bertz CT molecular complexity index is 369. The van der Waals surface area contributed by atoms with Crippen molar-refractivity contribution in [3.63, 3.8) is 0 Å². The summed E-state index contributed by atoms with van der Waals surface area (Å²) in [5.74, 6) is 0.879. The summed E-state index contributed by atoms with van der Waals surface area (Å²) in [7, 11) is 0. The van der Waals surface area contributed by atoms with Gasteiger partial charge < -0.3 is 10.5 Å². The number of aryl methyl sites for hydroxylation is 1. The van der Waals surface area contributed by atoms with Crippen LogP contribution in [0.15, 0.2) is 30.4 Å². The molecule has 1 aromatic rings. The van der Waals surface area contributed by atoms with Crippen molar-refractivity contribution < 1.29 is 4.74 Å².